The summed E-state index contributed by atoms with van der Waals surface area (Å²) < 4.78 is 5.34. The lowest BCUT2D eigenvalue weighted by atomic mass is 9.81. The first-order chi connectivity index (χ1) is 11.6. The molecular weight excluding hydrogens is 304 g/mol. The highest BCUT2D eigenvalue weighted by Gasteiger charge is 2.23. The van der Waals surface area contributed by atoms with Crippen LogP contribution in [0.15, 0.2) is 30.3 Å². The largest absolute Gasteiger partial charge is 0.484 e. The number of nitrogens with zero attached hydrogens (tertiary/aromatic N) is 2. The topological polar surface area (TPSA) is 115 Å². The molecule has 24 heavy (non-hydrogen) atoms. The van der Waals surface area contributed by atoms with Gasteiger partial charge < -0.3 is 16.2 Å². The second-order valence-corrected chi connectivity index (χ2v) is 5.88. The number of benzene rings is 1. The van der Waals surface area contributed by atoms with E-state index in [0.717, 1.165) is 29.7 Å². The monoisotopic (exact) mass is 322 g/mol. The molecule has 0 atom stereocenters. The van der Waals surface area contributed by atoms with Crippen molar-refractivity contribution in [3.8, 4) is 22.9 Å². The maximum atomic E-state index is 10.9. The van der Waals surface area contributed by atoms with E-state index in [-0.39, 0.29) is 12.4 Å². The van der Waals surface area contributed by atoms with Crippen LogP contribution in [0.25, 0.3) is 11.1 Å². The smallest absolute Gasteiger partial charge is 0.255 e. The van der Waals surface area contributed by atoms with Gasteiger partial charge in [-0.05, 0) is 36.6 Å². The van der Waals surface area contributed by atoms with Gasteiger partial charge in [0, 0.05) is 17.2 Å². The van der Waals surface area contributed by atoms with E-state index < -0.39 is 5.91 Å². The van der Waals surface area contributed by atoms with Crippen LogP contribution in [0.1, 0.15) is 36.4 Å². The fourth-order valence-electron chi connectivity index (χ4n) is 2.75. The third kappa shape index (κ3) is 3.15. The number of pyridine rings is 1. The van der Waals surface area contributed by atoms with Crippen molar-refractivity contribution in [3.63, 3.8) is 0 Å². The van der Waals surface area contributed by atoms with E-state index in [1.54, 1.807) is 18.2 Å². The Morgan fingerprint density at radius 3 is 2.79 bits per heavy atom. The molecule has 1 aliphatic rings. The minimum Gasteiger partial charge on any atom is -0.484 e. The van der Waals surface area contributed by atoms with Crippen LogP contribution in [-0.4, -0.2) is 17.5 Å². The normalized spacial score (nSPS) is 13.8. The Morgan fingerprint density at radius 1 is 1.38 bits per heavy atom. The van der Waals surface area contributed by atoms with Crippen molar-refractivity contribution in [2.45, 2.75) is 25.2 Å². The van der Waals surface area contributed by atoms with Gasteiger partial charge >= 0.3 is 0 Å². The van der Waals surface area contributed by atoms with Crippen molar-refractivity contribution in [1.82, 2.24) is 4.98 Å². The number of carbonyl (C=O) groups is 1. The number of carbonyl (C=O) groups excluding carboxylic acids is 1. The number of rotatable bonds is 5. The fourth-order valence-corrected chi connectivity index (χ4v) is 2.75. The predicted molar refractivity (Wildman–Crippen MR) is 90.1 cm³/mol. The van der Waals surface area contributed by atoms with Gasteiger partial charge in [0.1, 0.15) is 23.2 Å². The van der Waals surface area contributed by atoms with Gasteiger partial charge in [-0.1, -0.05) is 18.6 Å². The molecule has 1 aromatic heterocycles. The molecule has 6 heteroatoms. The van der Waals surface area contributed by atoms with Gasteiger partial charge in [0.15, 0.2) is 6.61 Å². The zero-order valence-corrected chi connectivity index (χ0v) is 13.2. The molecule has 3 rings (SSSR count). The fraction of sp³-hybridized carbons (Fsp3) is 0.278. The van der Waals surface area contributed by atoms with Crippen molar-refractivity contribution in [3.05, 3.63) is 41.6 Å². The summed E-state index contributed by atoms with van der Waals surface area (Å²) in [5.74, 6) is 0.628. The van der Waals surface area contributed by atoms with Crippen LogP contribution >= 0.6 is 0 Å². The summed E-state index contributed by atoms with van der Waals surface area (Å²) in [6.45, 7) is -0.194. The number of ether oxygens (including phenoxy) is 1. The maximum Gasteiger partial charge on any atom is 0.255 e. The Bertz CT molecular complexity index is 822. The number of hydrogen-bond donors (Lipinski definition) is 2. The Morgan fingerprint density at radius 2 is 2.17 bits per heavy atom. The summed E-state index contributed by atoms with van der Waals surface area (Å²) in [5.41, 5.74) is 13.9. The van der Waals surface area contributed by atoms with Gasteiger partial charge in [0.05, 0.1) is 0 Å². The molecule has 1 aliphatic carbocycles. The highest BCUT2D eigenvalue weighted by Crippen LogP contribution is 2.39. The lowest BCUT2D eigenvalue weighted by Gasteiger charge is -2.25. The molecule has 1 amide bonds. The number of anilines is 1. The van der Waals surface area contributed by atoms with Crippen molar-refractivity contribution in [1.29, 1.82) is 5.26 Å². The van der Waals surface area contributed by atoms with Gasteiger partial charge in [0.2, 0.25) is 0 Å². The standard InChI is InChI=1S/C18H18N4O2/c19-9-15-14(8-16(22-18(15)21)11-3-1-4-11)12-5-2-6-13(7-12)24-10-17(20)23/h2,5-8,11H,1,3-4,10H2,(H2,20,23)(H2,21,22). The van der Waals surface area contributed by atoms with Crippen molar-refractivity contribution >= 4 is 11.7 Å². The highest BCUT2D eigenvalue weighted by atomic mass is 16.5. The second kappa shape index (κ2) is 6.59. The summed E-state index contributed by atoms with van der Waals surface area (Å²) in [6, 6.07) is 11.2. The third-order valence-corrected chi connectivity index (χ3v) is 4.23. The van der Waals surface area contributed by atoms with Gasteiger partial charge in [-0.3, -0.25) is 4.79 Å². The molecule has 0 aliphatic heterocycles. The molecule has 1 saturated carbocycles. The van der Waals surface area contributed by atoms with Crippen LogP contribution in [-0.2, 0) is 4.79 Å². The minimum absolute atomic E-state index is 0.194. The average molecular weight is 322 g/mol. The minimum atomic E-state index is -0.543. The van der Waals surface area contributed by atoms with E-state index in [4.69, 9.17) is 16.2 Å². The lowest BCUT2D eigenvalue weighted by molar-refractivity contribution is -0.119. The van der Waals surface area contributed by atoms with E-state index in [1.165, 1.54) is 6.42 Å². The van der Waals surface area contributed by atoms with Crippen LogP contribution < -0.4 is 16.2 Å². The molecule has 0 bridgehead atoms. The summed E-state index contributed by atoms with van der Waals surface area (Å²) >= 11 is 0. The Hall–Kier alpha value is -3.07. The number of amides is 1. The van der Waals surface area contributed by atoms with Gasteiger partial charge in [0.25, 0.3) is 5.91 Å². The molecule has 0 spiro atoms. The second-order valence-electron chi connectivity index (χ2n) is 5.88. The molecule has 0 saturated heterocycles. The maximum absolute atomic E-state index is 10.9. The molecule has 1 heterocycles. The first-order valence-electron chi connectivity index (χ1n) is 7.80. The summed E-state index contributed by atoms with van der Waals surface area (Å²) in [5, 5.41) is 9.44. The zero-order chi connectivity index (χ0) is 17.1. The number of hydrogen-bond acceptors (Lipinski definition) is 5. The highest BCUT2D eigenvalue weighted by molar-refractivity contribution is 5.77. The quantitative estimate of drug-likeness (QED) is 0.876. The third-order valence-electron chi connectivity index (χ3n) is 4.23. The Labute approximate surface area is 140 Å². The molecule has 4 N–H and O–H groups in total. The van der Waals surface area contributed by atoms with E-state index in [0.29, 0.717) is 17.2 Å². The Kier molecular flexibility index (Phi) is 4.34. The van der Waals surface area contributed by atoms with E-state index >= 15 is 0 Å². The van der Waals surface area contributed by atoms with Crippen LogP contribution in [0.2, 0.25) is 0 Å². The van der Waals surface area contributed by atoms with E-state index in [1.807, 2.05) is 12.1 Å². The average Bonchev–Trinajstić information content (AvgIpc) is 2.51. The van der Waals surface area contributed by atoms with E-state index in [9.17, 15) is 10.1 Å². The van der Waals surface area contributed by atoms with Crippen LogP contribution in [0.4, 0.5) is 5.82 Å². The predicted octanol–water partition coefficient (Wildman–Crippen LogP) is 2.33. The summed E-state index contributed by atoms with van der Waals surface area (Å²) in [7, 11) is 0. The zero-order valence-electron chi connectivity index (χ0n) is 13.2. The number of nitriles is 1. The number of nitrogen functional groups attached to an aromatic ring is 1. The molecular formula is C18H18N4O2. The summed E-state index contributed by atoms with van der Waals surface area (Å²) in [4.78, 5) is 15.3. The molecule has 0 radical (unpaired) electrons. The van der Waals surface area contributed by atoms with Gasteiger partial charge in [-0.25, -0.2) is 4.98 Å². The van der Waals surface area contributed by atoms with Crippen molar-refractivity contribution < 1.29 is 9.53 Å². The molecule has 0 unspecified atom stereocenters. The van der Waals surface area contributed by atoms with Gasteiger partial charge in [-0.2, -0.15) is 5.26 Å². The van der Waals surface area contributed by atoms with Crippen LogP contribution in [0, 0.1) is 11.3 Å². The number of aromatic nitrogens is 1. The first-order valence-corrected chi connectivity index (χ1v) is 7.80. The van der Waals surface area contributed by atoms with Crippen LogP contribution in [0.3, 0.4) is 0 Å². The number of primary amides is 1. The number of nitrogens with two attached hydrogens (primary N) is 2. The van der Waals surface area contributed by atoms with Crippen LogP contribution in [0.5, 0.6) is 5.75 Å². The Balaban J connectivity index is 2.01. The van der Waals surface area contributed by atoms with Crippen molar-refractivity contribution in [2.75, 3.05) is 12.3 Å². The lowest BCUT2D eigenvalue weighted by Crippen LogP contribution is -2.20. The molecule has 6 nitrogen and oxygen atoms in total. The molecule has 1 fully saturated rings. The van der Waals surface area contributed by atoms with Crippen molar-refractivity contribution in [2.24, 2.45) is 5.73 Å². The molecule has 122 valence electrons. The first kappa shape index (κ1) is 15.8. The molecule has 2 aromatic rings. The SMILES string of the molecule is N#Cc1c(-c2cccc(OCC(N)=O)c2)cc(C2CCC2)nc1N. The summed E-state index contributed by atoms with van der Waals surface area (Å²) in [6.07, 6.45) is 3.39. The van der Waals surface area contributed by atoms with E-state index in [2.05, 4.69) is 11.1 Å². The van der Waals surface area contributed by atoms with Gasteiger partial charge in [-0.15, -0.1) is 0 Å². The molecule has 1 aromatic carbocycles.